The standard InChI is InChI=1S/C30H40N2O2/c1-2-3-4-5-6-7-8-9-10-11-12-13-14-28-30(25-17-21-27(34)22-18-25)31-23-29(32-28)24-15-19-26(33)20-16-24/h15-23,33-34H,2-14H2,1H3. The summed E-state index contributed by atoms with van der Waals surface area (Å²) in [5.74, 6) is 0.495. The minimum Gasteiger partial charge on any atom is -0.508 e. The van der Waals surface area contributed by atoms with E-state index in [4.69, 9.17) is 9.97 Å². The highest BCUT2D eigenvalue weighted by atomic mass is 16.3. The van der Waals surface area contributed by atoms with E-state index in [0.717, 1.165) is 41.1 Å². The molecule has 2 N–H and O–H groups in total. The van der Waals surface area contributed by atoms with Gasteiger partial charge in [0.2, 0.25) is 0 Å². The van der Waals surface area contributed by atoms with Crippen molar-refractivity contribution in [2.45, 2.75) is 90.4 Å². The maximum Gasteiger partial charge on any atom is 0.115 e. The molecule has 0 saturated carbocycles. The quantitative estimate of drug-likeness (QED) is 0.223. The summed E-state index contributed by atoms with van der Waals surface area (Å²) in [6.45, 7) is 2.27. The van der Waals surface area contributed by atoms with Gasteiger partial charge >= 0.3 is 0 Å². The molecule has 34 heavy (non-hydrogen) atoms. The summed E-state index contributed by atoms with van der Waals surface area (Å²) >= 11 is 0. The van der Waals surface area contributed by atoms with Gasteiger partial charge in [0.15, 0.2) is 0 Å². The molecule has 4 heteroatoms. The van der Waals surface area contributed by atoms with Crippen molar-refractivity contribution in [2.75, 3.05) is 0 Å². The van der Waals surface area contributed by atoms with E-state index >= 15 is 0 Å². The van der Waals surface area contributed by atoms with Crippen LogP contribution in [0.4, 0.5) is 0 Å². The summed E-state index contributed by atoms with van der Waals surface area (Å²) in [5.41, 5.74) is 4.60. The lowest BCUT2D eigenvalue weighted by atomic mass is 10.0. The lowest BCUT2D eigenvalue weighted by Crippen LogP contribution is -2.00. The Morgan fingerprint density at radius 3 is 1.59 bits per heavy atom. The zero-order valence-electron chi connectivity index (χ0n) is 20.7. The molecule has 4 nitrogen and oxygen atoms in total. The second-order valence-electron chi connectivity index (χ2n) is 9.28. The average molecular weight is 461 g/mol. The number of nitrogens with zero attached hydrogens (tertiary/aromatic N) is 2. The average Bonchev–Trinajstić information content (AvgIpc) is 2.86. The van der Waals surface area contributed by atoms with Gasteiger partial charge in [0.1, 0.15) is 11.5 Å². The van der Waals surface area contributed by atoms with Crippen LogP contribution in [-0.4, -0.2) is 20.2 Å². The maximum absolute atomic E-state index is 9.66. The fourth-order valence-electron chi connectivity index (χ4n) is 4.37. The van der Waals surface area contributed by atoms with Gasteiger partial charge in [-0.2, -0.15) is 0 Å². The van der Waals surface area contributed by atoms with Crippen LogP contribution in [0, 0.1) is 0 Å². The number of hydrogen-bond donors (Lipinski definition) is 2. The zero-order valence-corrected chi connectivity index (χ0v) is 20.7. The molecule has 0 atom stereocenters. The number of unbranched alkanes of at least 4 members (excludes halogenated alkanes) is 11. The Morgan fingerprint density at radius 2 is 1.06 bits per heavy atom. The Labute approximate surface area is 205 Å². The maximum atomic E-state index is 9.66. The molecule has 0 bridgehead atoms. The lowest BCUT2D eigenvalue weighted by molar-refractivity contribution is 0.475. The molecular formula is C30H40N2O2. The summed E-state index contributed by atoms with van der Waals surface area (Å²) in [5, 5.41) is 19.3. The molecule has 0 aliphatic heterocycles. The molecule has 0 fully saturated rings. The van der Waals surface area contributed by atoms with Crippen molar-refractivity contribution in [3.8, 4) is 34.0 Å². The molecule has 3 rings (SSSR count). The molecule has 0 spiro atoms. The summed E-state index contributed by atoms with van der Waals surface area (Å²) in [4.78, 5) is 9.70. The summed E-state index contributed by atoms with van der Waals surface area (Å²) < 4.78 is 0. The molecule has 0 aliphatic rings. The summed E-state index contributed by atoms with van der Waals surface area (Å²) in [6, 6.07) is 14.3. The predicted octanol–water partition coefficient (Wildman–Crippen LogP) is 8.47. The molecule has 1 heterocycles. The smallest absolute Gasteiger partial charge is 0.115 e. The van der Waals surface area contributed by atoms with Gasteiger partial charge in [-0.3, -0.25) is 4.98 Å². The van der Waals surface area contributed by atoms with Crippen LogP contribution in [0.3, 0.4) is 0 Å². The number of aromatic nitrogens is 2. The fourth-order valence-corrected chi connectivity index (χ4v) is 4.37. The molecule has 0 amide bonds. The predicted molar refractivity (Wildman–Crippen MR) is 141 cm³/mol. The highest BCUT2D eigenvalue weighted by Gasteiger charge is 2.11. The Hall–Kier alpha value is -2.88. The first-order valence-corrected chi connectivity index (χ1v) is 13.1. The number of phenols is 2. The fraction of sp³-hybridized carbons (Fsp3) is 0.467. The molecule has 1 aromatic heterocycles. The van der Waals surface area contributed by atoms with Gasteiger partial charge in [-0.1, -0.05) is 77.6 Å². The van der Waals surface area contributed by atoms with E-state index in [1.54, 1.807) is 30.5 Å². The van der Waals surface area contributed by atoms with Gasteiger partial charge in [0, 0.05) is 11.1 Å². The SMILES string of the molecule is CCCCCCCCCCCCCCc1nc(-c2ccc(O)cc2)cnc1-c1ccc(O)cc1. The molecule has 0 unspecified atom stereocenters. The number of aryl methyl sites for hydroxylation is 1. The minimum absolute atomic E-state index is 0.245. The van der Waals surface area contributed by atoms with Crippen molar-refractivity contribution < 1.29 is 10.2 Å². The third-order valence-corrected chi connectivity index (χ3v) is 6.42. The van der Waals surface area contributed by atoms with E-state index in [1.807, 2.05) is 24.3 Å². The normalized spacial score (nSPS) is 11.1. The van der Waals surface area contributed by atoms with Gasteiger partial charge < -0.3 is 10.2 Å². The van der Waals surface area contributed by atoms with Gasteiger partial charge in [-0.05, 0) is 61.4 Å². The van der Waals surface area contributed by atoms with Crippen molar-refractivity contribution in [2.24, 2.45) is 0 Å². The van der Waals surface area contributed by atoms with Crippen LogP contribution < -0.4 is 0 Å². The molecular weight excluding hydrogens is 420 g/mol. The molecule has 0 saturated heterocycles. The topological polar surface area (TPSA) is 66.2 Å². The van der Waals surface area contributed by atoms with E-state index in [9.17, 15) is 10.2 Å². The molecule has 182 valence electrons. The first-order chi connectivity index (χ1) is 16.7. The highest BCUT2D eigenvalue weighted by molar-refractivity contribution is 5.66. The van der Waals surface area contributed by atoms with Crippen LogP contribution in [0.2, 0.25) is 0 Å². The molecule has 0 radical (unpaired) electrons. The van der Waals surface area contributed by atoms with Crippen LogP contribution >= 0.6 is 0 Å². The Kier molecular flexibility index (Phi) is 10.9. The number of phenolic OH excluding ortho intramolecular Hbond substituents is 2. The zero-order chi connectivity index (χ0) is 24.0. The van der Waals surface area contributed by atoms with Crippen LogP contribution in [0.25, 0.3) is 22.5 Å². The Morgan fingerprint density at radius 1 is 0.588 bits per heavy atom. The van der Waals surface area contributed by atoms with Gasteiger partial charge in [0.05, 0.1) is 23.3 Å². The first kappa shape index (κ1) is 25.7. The van der Waals surface area contributed by atoms with Crippen LogP contribution in [0.15, 0.2) is 54.7 Å². The van der Waals surface area contributed by atoms with Crippen LogP contribution in [-0.2, 0) is 6.42 Å². The number of rotatable bonds is 15. The van der Waals surface area contributed by atoms with Crippen molar-refractivity contribution in [1.29, 1.82) is 0 Å². The monoisotopic (exact) mass is 460 g/mol. The van der Waals surface area contributed by atoms with E-state index in [2.05, 4.69) is 6.92 Å². The summed E-state index contributed by atoms with van der Waals surface area (Å²) in [7, 11) is 0. The van der Waals surface area contributed by atoms with Crippen molar-refractivity contribution in [1.82, 2.24) is 9.97 Å². The number of benzene rings is 2. The van der Waals surface area contributed by atoms with E-state index in [1.165, 1.54) is 70.6 Å². The molecule has 2 aromatic carbocycles. The second kappa shape index (κ2) is 14.4. The third-order valence-electron chi connectivity index (χ3n) is 6.42. The molecule has 3 aromatic rings. The Bertz CT molecular complexity index is 968. The van der Waals surface area contributed by atoms with E-state index in [0.29, 0.717) is 0 Å². The minimum atomic E-state index is 0.245. The number of aromatic hydroxyl groups is 2. The van der Waals surface area contributed by atoms with Crippen LogP contribution in [0.5, 0.6) is 11.5 Å². The van der Waals surface area contributed by atoms with Gasteiger partial charge in [-0.25, -0.2) is 4.98 Å². The second-order valence-corrected chi connectivity index (χ2v) is 9.28. The molecule has 0 aliphatic carbocycles. The van der Waals surface area contributed by atoms with Crippen LogP contribution in [0.1, 0.15) is 89.7 Å². The van der Waals surface area contributed by atoms with Crippen molar-refractivity contribution in [3.63, 3.8) is 0 Å². The Balaban J connectivity index is 1.52. The highest BCUT2D eigenvalue weighted by Crippen LogP contribution is 2.27. The third kappa shape index (κ3) is 8.48. The van der Waals surface area contributed by atoms with E-state index < -0.39 is 0 Å². The largest absolute Gasteiger partial charge is 0.508 e. The van der Waals surface area contributed by atoms with Gasteiger partial charge in [0.25, 0.3) is 0 Å². The first-order valence-electron chi connectivity index (χ1n) is 13.1. The van der Waals surface area contributed by atoms with Crippen molar-refractivity contribution in [3.05, 3.63) is 60.4 Å². The van der Waals surface area contributed by atoms with Gasteiger partial charge in [-0.15, -0.1) is 0 Å². The van der Waals surface area contributed by atoms with E-state index in [-0.39, 0.29) is 11.5 Å². The lowest BCUT2D eigenvalue weighted by Gasteiger charge is -2.11. The van der Waals surface area contributed by atoms with Crippen molar-refractivity contribution >= 4 is 0 Å². The number of hydrogen-bond acceptors (Lipinski definition) is 4. The summed E-state index contributed by atoms with van der Waals surface area (Å²) in [6.07, 6.45) is 18.6.